The summed E-state index contributed by atoms with van der Waals surface area (Å²) < 4.78 is 0. The molecule has 0 saturated carbocycles. The molecule has 0 amide bonds. The Morgan fingerprint density at radius 3 is 2.22 bits per heavy atom. The largest absolute Gasteiger partial charge is 0.313 e. The molecule has 1 fully saturated rings. The number of piperazine rings is 1. The second kappa shape index (κ2) is 4.67. The van der Waals surface area contributed by atoms with Crippen LogP contribution >= 0.6 is 0 Å². The van der Waals surface area contributed by atoms with E-state index in [0.717, 1.165) is 13.1 Å². The Morgan fingerprint density at radius 2 is 1.72 bits per heavy atom. The van der Waals surface area contributed by atoms with Crippen LogP contribution < -0.4 is 10.6 Å². The van der Waals surface area contributed by atoms with Crippen LogP contribution in [0.15, 0.2) is 24.3 Å². The van der Waals surface area contributed by atoms with Crippen molar-refractivity contribution in [3.8, 4) is 0 Å². The summed E-state index contributed by atoms with van der Waals surface area (Å²) in [5, 5.41) is 7.21. The van der Waals surface area contributed by atoms with Crippen molar-refractivity contribution in [1.29, 1.82) is 0 Å². The maximum Gasteiger partial charge on any atom is 0.0451 e. The van der Waals surface area contributed by atoms with Gasteiger partial charge in [-0.1, -0.05) is 45.0 Å². The van der Waals surface area contributed by atoms with E-state index in [1.54, 1.807) is 0 Å². The third-order valence-corrected chi connectivity index (χ3v) is 3.66. The first-order valence-corrected chi connectivity index (χ1v) is 6.87. The maximum atomic E-state index is 3.70. The van der Waals surface area contributed by atoms with Crippen molar-refractivity contribution in [3.05, 3.63) is 35.4 Å². The fraction of sp³-hybridized carbons (Fsp3) is 0.625. The number of benzene rings is 1. The summed E-state index contributed by atoms with van der Waals surface area (Å²) in [5.74, 6) is 0. The van der Waals surface area contributed by atoms with E-state index in [0.29, 0.717) is 6.04 Å². The van der Waals surface area contributed by atoms with Gasteiger partial charge in [-0.3, -0.25) is 0 Å². The van der Waals surface area contributed by atoms with Crippen LogP contribution in [0, 0.1) is 0 Å². The van der Waals surface area contributed by atoms with E-state index in [4.69, 9.17) is 0 Å². The lowest BCUT2D eigenvalue weighted by Gasteiger charge is -2.38. The molecule has 2 N–H and O–H groups in total. The molecule has 2 rings (SSSR count). The molecule has 1 aromatic rings. The minimum Gasteiger partial charge on any atom is -0.313 e. The Balaban J connectivity index is 2.15. The standard InChI is InChI=1S/C16H26N2/c1-15(2,3)13-8-6-12(7-9-13)14-10-17-11-16(4,5)18-14/h6-9,14,17-18H,10-11H2,1-5H3. The Bertz CT molecular complexity index is 398. The van der Waals surface area contributed by atoms with Crippen LogP contribution in [0.25, 0.3) is 0 Å². The molecule has 1 atom stereocenters. The highest BCUT2D eigenvalue weighted by Gasteiger charge is 2.27. The van der Waals surface area contributed by atoms with E-state index >= 15 is 0 Å². The smallest absolute Gasteiger partial charge is 0.0451 e. The highest BCUT2D eigenvalue weighted by Crippen LogP contribution is 2.25. The Kier molecular flexibility index (Phi) is 3.52. The van der Waals surface area contributed by atoms with Crippen molar-refractivity contribution in [1.82, 2.24) is 10.6 Å². The van der Waals surface area contributed by atoms with Crippen molar-refractivity contribution in [2.24, 2.45) is 0 Å². The van der Waals surface area contributed by atoms with E-state index in [9.17, 15) is 0 Å². The van der Waals surface area contributed by atoms with Gasteiger partial charge in [0.25, 0.3) is 0 Å². The maximum absolute atomic E-state index is 3.70. The van der Waals surface area contributed by atoms with Gasteiger partial charge in [-0.05, 0) is 30.4 Å². The highest BCUT2D eigenvalue weighted by atomic mass is 15.1. The predicted molar refractivity (Wildman–Crippen MR) is 78.0 cm³/mol. The molecule has 0 aliphatic carbocycles. The Morgan fingerprint density at radius 1 is 1.11 bits per heavy atom. The molecule has 1 unspecified atom stereocenters. The van der Waals surface area contributed by atoms with Gasteiger partial charge in [-0.15, -0.1) is 0 Å². The van der Waals surface area contributed by atoms with Crippen LogP contribution in [-0.2, 0) is 5.41 Å². The molecule has 0 aromatic heterocycles. The fourth-order valence-corrected chi connectivity index (χ4v) is 2.52. The van der Waals surface area contributed by atoms with Crippen molar-refractivity contribution in [3.63, 3.8) is 0 Å². The molecule has 2 nitrogen and oxygen atoms in total. The minimum atomic E-state index is 0.172. The molecule has 0 radical (unpaired) electrons. The number of rotatable bonds is 1. The molecule has 0 bridgehead atoms. The molecule has 1 saturated heterocycles. The van der Waals surface area contributed by atoms with Crippen molar-refractivity contribution >= 4 is 0 Å². The van der Waals surface area contributed by atoms with Gasteiger partial charge in [-0.2, -0.15) is 0 Å². The van der Waals surface area contributed by atoms with Gasteiger partial charge in [0.2, 0.25) is 0 Å². The van der Waals surface area contributed by atoms with Gasteiger partial charge in [0.15, 0.2) is 0 Å². The quantitative estimate of drug-likeness (QED) is 0.796. The SMILES string of the molecule is CC1(C)CNCC(c2ccc(C(C)(C)C)cc2)N1. The zero-order chi connectivity index (χ0) is 13.4. The Labute approximate surface area is 111 Å². The molecule has 1 aromatic carbocycles. The fourth-order valence-electron chi connectivity index (χ4n) is 2.52. The van der Waals surface area contributed by atoms with Crippen molar-refractivity contribution < 1.29 is 0 Å². The highest BCUT2D eigenvalue weighted by molar-refractivity contribution is 5.30. The summed E-state index contributed by atoms with van der Waals surface area (Å²) >= 11 is 0. The van der Waals surface area contributed by atoms with Crippen LogP contribution in [0.4, 0.5) is 0 Å². The van der Waals surface area contributed by atoms with Crippen LogP contribution in [-0.4, -0.2) is 18.6 Å². The lowest BCUT2D eigenvalue weighted by atomic mass is 9.86. The third-order valence-electron chi connectivity index (χ3n) is 3.66. The van der Waals surface area contributed by atoms with Crippen molar-refractivity contribution in [2.45, 2.75) is 51.6 Å². The monoisotopic (exact) mass is 246 g/mol. The van der Waals surface area contributed by atoms with Gasteiger partial charge in [0, 0.05) is 24.7 Å². The molecule has 1 heterocycles. The second-order valence-corrected chi connectivity index (χ2v) is 7.08. The molecule has 0 spiro atoms. The summed E-state index contributed by atoms with van der Waals surface area (Å²) in [6.45, 7) is 13.3. The third kappa shape index (κ3) is 3.12. The molecule has 1 aliphatic heterocycles. The zero-order valence-electron chi connectivity index (χ0n) is 12.3. The summed E-state index contributed by atoms with van der Waals surface area (Å²) in [7, 11) is 0. The van der Waals surface area contributed by atoms with E-state index in [-0.39, 0.29) is 11.0 Å². The molecular formula is C16H26N2. The van der Waals surface area contributed by atoms with Crippen molar-refractivity contribution in [2.75, 3.05) is 13.1 Å². The first-order valence-electron chi connectivity index (χ1n) is 6.87. The van der Waals surface area contributed by atoms with E-state index in [1.807, 2.05) is 0 Å². The normalized spacial score (nSPS) is 23.9. The molecule has 2 heteroatoms. The molecule has 1 aliphatic rings. The van der Waals surface area contributed by atoms with Gasteiger partial charge in [0.05, 0.1) is 0 Å². The number of nitrogens with one attached hydrogen (secondary N) is 2. The zero-order valence-corrected chi connectivity index (χ0v) is 12.3. The average molecular weight is 246 g/mol. The van der Waals surface area contributed by atoms with Gasteiger partial charge in [-0.25, -0.2) is 0 Å². The van der Waals surface area contributed by atoms with Crippen LogP contribution in [0.3, 0.4) is 0 Å². The lowest BCUT2D eigenvalue weighted by Crippen LogP contribution is -2.56. The molecular weight excluding hydrogens is 220 g/mol. The van der Waals surface area contributed by atoms with Gasteiger partial charge < -0.3 is 10.6 Å². The first kappa shape index (κ1) is 13.6. The second-order valence-electron chi connectivity index (χ2n) is 7.08. The average Bonchev–Trinajstić information content (AvgIpc) is 2.27. The Hall–Kier alpha value is -0.860. The summed E-state index contributed by atoms with van der Waals surface area (Å²) in [6, 6.07) is 9.47. The summed E-state index contributed by atoms with van der Waals surface area (Å²) in [6.07, 6.45) is 0. The van der Waals surface area contributed by atoms with E-state index in [2.05, 4.69) is 69.5 Å². The first-order chi connectivity index (χ1) is 8.28. The van der Waals surface area contributed by atoms with Gasteiger partial charge in [0.1, 0.15) is 0 Å². The lowest BCUT2D eigenvalue weighted by molar-refractivity contribution is 0.264. The number of hydrogen-bond acceptors (Lipinski definition) is 2. The topological polar surface area (TPSA) is 24.1 Å². The van der Waals surface area contributed by atoms with Crippen LogP contribution in [0.1, 0.15) is 51.8 Å². The molecule has 18 heavy (non-hydrogen) atoms. The minimum absolute atomic E-state index is 0.172. The van der Waals surface area contributed by atoms with Crippen LogP contribution in [0.5, 0.6) is 0 Å². The van der Waals surface area contributed by atoms with E-state index < -0.39 is 0 Å². The summed E-state index contributed by atoms with van der Waals surface area (Å²) in [4.78, 5) is 0. The number of hydrogen-bond donors (Lipinski definition) is 2. The predicted octanol–water partition coefficient (Wildman–Crippen LogP) is 3.00. The molecule has 100 valence electrons. The van der Waals surface area contributed by atoms with Crippen LogP contribution in [0.2, 0.25) is 0 Å². The van der Waals surface area contributed by atoms with E-state index in [1.165, 1.54) is 11.1 Å². The summed E-state index contributed by atoms with van der Waals surface area (Å²) in [5.41, 5.74) is 3.18. The van der Waals surface area contributed by atoms with Gasteiger partial charge >= 0.3 is 0 Å².